The Morgan fingerprint density at radius 2 is 1.86 bits per heavy atom. The molecule has 2 atom stereocenters. The van der Waals surface area contributed by atoms with E-state index in [0.29, 0.717) is 12.1 Å². The standard InChI is InChI=1S/C14H20BrN3O2.ClH/c1-4-17-12(19)9(2)18-13(20)14(3,16)10-5-7-11(15)8-6-10;/h5-9H,4,16H2,1-3H3,(H,17,19)(H,18,20);1H. The molecule has 1 rings (SSSR count). The van der Waals surface area contributed by atoms with Gasteiger partial charge in [0.05, 0.1) is 0 Å². The number of likely N-dealkylation sites (N-methyl/N-ethyl adjacent to an activating group) is 1. The number of nitrogens with one attached hydrogen (secondary N) is 2. The maximum Gasteiger partial charge on any atom is 0.245 e. The summed E-state index contributed by atoms with van der Waals surface area (Å²) in [7, 11) is 0. The predicted molar refractivity (Wildman–Crippen MR) is 89.2 cm³/mol. The van der Waals surface area contributed by atoms with E-state index >= 15 is 0 Å². The minimum atomic E-state index is -1.19. The zero-order valence-corrected chi connectivity index (χ0v) is 14.7. The van der Waals surface area contributed by atoms with Gasteiger partial charge in [-0.3, -0.25) is 9.59 Å². The summed E-state index contributed by atoms with van der Waals surface area (Å²) in [6, 6.07) is 6.57. The summed E-state index contributed by atoms with van der Waals surface area (Å²) in [5.41, 5.74) is 5.58. The fourth-order valence-electron chi connectivity index (χ4n) is 1.67. The second-order valence-corrected chi connectivity index (χ2v) is 5.71. The number of rotatable bonds is 5. The molecule has 1 aromatic carbocycles. The lowest BCUT2D eigenvalue weighted by atomic mass is 9.92. The van der Waals surface area contributed by atoms with Crippen LogP contribution in [0.1, 0.15) is 26.3 Å². The lowest BCUT2D eigenvalue weighted by Crippen LogP contribution is -2.54. The van der Waals surface area contributed by atoms with Crippen molar-refractivity contribution in [3.8, 4) is 0 Å². The fraction of sp³-hybridized carbons (Fsp3) is 0.429. The van der Waals surface area contributed by atoms with E-state index < -0.39 is 17.5 Å². The molecule has 118 valence electrons. The van der Waals surface area contributed by atoms with E-state index in [0.717, 1.165) is 4.47 Å². The maximum atomic E-state index is 12.2. The highest BCUT2D eigenvalue weighted by Crippen LogP contribution is 2.20. The summed E-state index contributed by atoms with van der Waals surface area (Å²) in [6.07, 6.45) is 0. The van der Waals surface area contributed by atoms with E-state index in [1.807, 2.05) is 19.1 Å². The van der Waals surface area contributed by atoms with Crippen LogP contribution in [0.5, 0.6) is 0 Å². The Labute approximate surface area is 139 Å². The topological polar surface area (TPSA) is 84.2 Å². The van der Waals surface area contributed by atoms with Crippen LogP contribution >= 0.6 is 28.3 Å². The summed E-state index contributed by atoms with van der Waals surface area (Å²) in [5.74, 6) is -0.619. The van der Waals surface area contributed by atoms with Crippen molar-refractivity contribution < 1.29 is 9.59 Å². The van der Waals surface area contributed by atoms with Gasteiger partial charge < -0.3 is 16.4 Å². The van der Waals surface area contributed by atoms with Crippen molar-refractivity contribution in [2.75, 3.05) is 6.54 Å². The first kappa shape index (κ1) is 19.9. The van der Waals surface area contributed by atoms with Gasteiger partial charge >= 0.3 is 0 Å². The van der Waals surface area contributed by atoms with Gasteiger partial charge in [0, 0.05) is 11.0 Å². The molecule has 7 heteroatoms. The van der Waals surface area contributed by atoms with Crippen LogP contribution in [-0.2, 0) is 15.1 Å². The number of halogens is 2. The van der Waals surface area contributed by atoms with Crippen molar-refractivity contribution >= 4 is 40.2 Å². The highest BCUT2D eigenvalue weighted by Gasteiger charge is 2.32. The second-order valence-electron chi connectivity index (χ2n) is 4.80. The second kappa shape index (κ2) is 8.36. The molecule has 0 bridgehead atoms. The Kier molecular flexibility index (Phi) is 7.92. The SMILES string of the molecule is CCNC(=O)C(C)NC(=O)C(C)(N)c1ccc(Br)cc1.Cl. The summed E-state index contributed by atoms with van der Waals surface area (Å²) >= 11 is 3.33. The molecule has 5 nitrogen and oxygen atoms in total. The molecule has 0 aromatic heterocycles. The molecular formula is C14H21BrClN3O2. The van der Waals surface area contributed by atoms with Crippen molar-refractivity contribution in [1.82, 2.24) is 10.6 Å². The quantitative estimate of drug-likeness (QED) is 0.729. The monoisotopic (exact) mass is 377 g/mol. The van der Waals surface area contributed by atoms with Gasteiger partial charge in [-0.2, -0.15) is 0 Å². The summed E-state index contributed by atoms with van der Waals surface area (Å²) < 4.78 is 0.910. The molecule has 0 aliphatic heterocycles. The predicted octanol–water partition coefficient (Wildman–Crippen LogP) is 1.69. The van der Waals surface area contributed by atoms with Crippen LogP contribution in [0, 0.1) is 0 Å². The molecule has 4 N–H and O–H groups in total. The molecule has 2 unspecified atom stereocenters. The summed E-state index contributed by atoms with van der Waals surface area (Å²) in [4.78, 5) is 23.9. The minimum absolute atomic E-state index is 0. The molecular weight excluding hydrogens is 358 g/mol. The zero-order valence-electron chi connectivity index (χ0n) is 12.3. The van der Waals surface area contributed by atoms with Gasteiger partial charge in [0.2, 0.25) is 11.8 Å². The van der Waals surface area contributed by atoms with Crippen molar-refractivity contribution in [2.24, 2.45) is 5.73 Å². The Morgan fingerprint density at radius 1 is 1.33 bits per heavy atom. The molecule has 0 aliphatic carbocycles. The van der Waals surface area contributed by atoms with Crippen molar-refractivity contribution in [3.05, 3.63) is 34.3 Å². The maximum absolute atomic E-state index is 12.2. The number of carbonyl (C=O) groups is 2. The minimum Gasteiger partial charge on any atom is -0.355 e. The molecule has 0 aliphatic rings. The van der Waals surface area contributed by atoms with Gasteiger partial charge in [0.25, 0.3) is 0 Å². The Morgan fingerprint density at radius 3 is 2.33 bits per heavy atom. The van der Waals surface area contributed by atoms with Crippen LogP contribution < -0.4 is 16.4 Å². The molecule has 0 heterocycles. The largest absolute Gasteiger partial charge is 0.355 e. The van der Waals surface area contributed by atoms with E-state index in [9.17, 15) is 9.59 Å². The lowest BCUT2D eigenvalue weighted by Gasteiger charge is -2.26. The van der Waals surface area contributed by atoms with Gasteiger partial charge in [-0.25, -0.2) is 0 Å². The molecule has 0 saturated heterocycles. The van der Waals surface area contributed by atoms with Gasteiger partial charge in [-0.15, -0.1) is 12.4 Å². The molecule has 21 heavy (non-hydrogen) atoms. The van der Waals surface area contributed by atoms with Gasteiger partial charge in [-0.05, 0) is 38.5 Å². The van der Waals surface area contributed by atoms with E-state index in [2.05, 4.69) is 26.6 Å². The van der Waals surface area contributed by atoms with Gasteiger partial charge in [-0.1, -0.05) is 28.1 Å². The number of carbonyl (C=O) groups excluding carboxylic acids is 2. The third kappa shape index (κ3) is 5.30. The fourth-order valence-corrected chi connectivity index (χ4v) is 1.93. The van der Waals surface area contributed by atoms with Crippen molar-refractivity contribution in [1.29, 1.82) is 0 Å². The average Bonchev–Trinajstić information content (AvgIpc) is 2.39. The zero-order chi connectivity index (χ0) is 15.3. The van der Waals surface area contributed by atoms with Crippen LogP contribution in [0.2, 0.25) is 0 Å². The summed E-state index contributed by atoms with van der Waals surface area (Å²) in [5, 5.41) is 5.28. The van der Waals surface area contributed by atoms with Gasteiger partial charge in [0.15, 0.2) is 0 Å². The first-order valence-electron chi connectivity index (χ1n) is 6.42. The smallest absolute Gasteiger partial charge is 0.245 e. The van der Waals surface area contributed by atoms with Crippen LogP contribution in [0.3, 0.4) is 0 Å². The van der Waals surface area contributed by atoms with Gasteiger partial charge in [0.1, 0.15) is 11.6 Å². The number of hydrogen-bond donors (Lipinski definition) is 3. The third-order valence-electron chi connectivity index (χ3n) is 3.01. The normalized spacial score (nSPS) is 14.3. The van der Waals surface area contributed by atoms with Crippen LogP contribution in [0.25, 0.3) is 0 Å². The number of amides is 2. The third-order valence-corrected chi connectivity index (χ3v) is 3.54. The number of hydrogen-bond acceptors (Lipinski definition) is 3. The van der Waals surface area contributed by atoms with E-state index in [4.69, 9.17) is 5.73 Å². The van der Waals surface area contributed by atoms with Crippen LogP contribution in [0.15, 0.2) is 28.7 Å². The Bertz CT molecular complexity index is 491. The molecule has 0 spiro atoms. The van der Waals surface area contributed by atoms with E-state index in [1.165, 1.54) is 0 Å². The van der Waals surface area contributed by atoms with Crippen LogP contribution in [0.4, 0.5) is 0 Å². The lowest BCUT2D eigenvalue weighted by molar-refractivity contribution is -0.131. The van der Waals surface area contributed by atoms with E-state index in [-0.39, 0.29) is 18.3 Å². The Hall–Kier alpha value is -1.11. The average molecular weight is 379 g/mol. The van der Waals surface area contributed by atoms with E-state index in [1.54, 1.807) is 26.0 Å². The highest BCUT2D eigenvalue weighted by atomic mass is 79.9. The molecule has 0 fully saturated rings. The Balaban J connectivity index is 0.00000400. The first-order valence-corrected chi connectivity index (χ1v) is 7.22. The highest BCUT2D eigenvalue weighted by molar-refractivity contribution is 9.10. The molecule has 0 saturated carbocycles. The summed E-state index contributed by atoms with van der Waals surface area (Å²) in [6.45, 7) is 5.59. The van der Waals surface area contributed by atoms with Crippen molar-refractivity contribution in [3.63, 3.8) is 0 Å². The molecule has 1 aromatic rings. The first-order chi connectivity index (χ1) is 9.28. The van der Waals surface area contributed by atoms with Crippen molar-refractivity contribution in [2.45, 2.75) is 32.4 Å². The number of benzene rings is 1. The molecule has 0 radical (unpaired) electrons. The number of nitrogens with two attached hydrogens (primary N) is 1. The molecule has 2 amide bonds. The van der Waals surface area contributed by atoms with Crippen LogP contribution in [-0.4, -0.2) is 24.4 Å².